The molecule has 0 aliphatic carbocycles. The van der Waals surface area contributed by atoms with Gasteiger partial charge in [0.1, 0.15) is 12.1 Å². The Hall–Kier alpha value is -2.04. The molecule has 0 aliphatic rings. The van der Waals surface area contributed by atoms with E-state index in [9.17, 15) is 17.4 Å². The molecule has 2 rings (SSSR count). The molecule has 0 radical (unpaired) electrons. The molecule has 2 aromatic heterocycles. The molecule has 21 heavy (non-hydrogen) atoms. The van der Waals surface area contributed by atoms with Gasteiger partial charge in [0, 0.05) is 26.4 Å². The number of aromatic nitrogens is 5. The minimum atomic E-state index is -4.62. The molecule has 1 atom stereocenters. The second kappa shape index (κ2) is 5.39. The summed E-state index contributed by atoms with van der Waals surface area (Å²) in [5.41, 5.74) is -1.10. The number of rotatable bonds is 3. The van der Waals surface area contributed by atoms with E-state index < -0.39 is 22.7 Å². The maximum absolute atomic E-state index is 12.9. The highest BCUT2D eigenvalue weighted by Gasteiger charge is 2.34. The van der Waals surface area contributed by atoms with Gasteiger partial charge in [0.15, 0.2) is 5.69 Å². The number of halogens is 3. The first-order chi connectivity index (χ1) is 9.70. The lowest BCUT2D eigenvalue weighted by atomic mass is 10.3. The Labute approximate surface area is 120 Å². The second-order valence-corrected chi connectivity index (χ2v) is 5.51. The van der Waals surface area contributed by atoms with E-state index in [1.165, 1.54) is 11.2 Å². The van der Waals surface area contributed by atoms with E-state index in [2.05, 4.69) is 20.2 Å². The summed E-state index contributed by atoms with van der Waals surface area (Å²) in [5.74, 6) is -0.224. The van der Waals surface area contributed by atoms with Crippen molar-refractivity contribution >= 4 is 16.6 Å². The van der Waals surface area contributed by atoms with Crippen LogP contribution in [0, 0.1) is 0 Å². The van der Waals surface area contributed by atoms with Gasteiger partial charge in [-0.15, -0.1) is 10.2 Å². The van der Waals surface area contributed by atoms with Crippen LogP contribution in [0.2, 0.25) is 0 Å². The highest BCUT2D eigenvalue weighted by Crippen LogP contribution is 2.30. The zero-order chi connectivity index (χ0) is 15.8. The third kappa shape index (κ3) is 3.17. The first-order valence-electron chi connectivity index (χ1n) is 5.57. The summed E-state index contributed by atoms with van der Waals surface area (Å²) in [5, 5.41) is 7.10. The summed E-state index contributed by atoms with van der Waals surface area (Å²) in [6.07, 6.45) is -2.17. The molecule has 2 aromatic rings. The van der Waals surface area contributed by atoms with Crippen molar-refractivity contribution in [1.29, 1.82) is 0 Å². The van der Waals surface area contributed by atoms with Gasteiger partial charge in [0.2, 0.25) is 11.1 Å². The molecule has 0 saturated carbocycles. The Balaban J connectivity index is 2.65. The summed E-state index contributed by atoms with van der Waals surface area (Å²) in [7, 11) is 1.57. The van der Waals surface area contributed by atoms with Crippen LogP contribution < -0.4 is 4.90 Å². The normalized spacial score (nSPS) is 13.2. The van der Waals surface area contributed by atoms with Gasteiger partial charge >= 0.3 is 6.18 Å². The van der Waals surface area contributed by atoms with Gasteiger partial charge in [-0.05, 0) is 0 Å². The Morgan fingerprint density at radius 2 is 1.95 bits per heavy atom. The molecule has 114 valence electrons. The van der Waals surface area contributed by atoms with Crippen LogP contribution in [-0.2, 0) is 17.0 Å². The zero-order valence-corrected chi connectivity index (χ0v) is 12.1. The lowest BCUT2D eigenvalue weighted by Gasteiger charge is -2.15. The van der Waals surface area contributed by atoms with Gasteiger partial charge in [-0.1, -0.05) is 0 Å². The van der Waals surface area contributed by atoms with Gasteiger partial charge in [-0.25, -0.2) is 9.55 Å². The Morgan fingerprint density at radius 1 is 1.29 bits per heavy atom. The Bertz CT molecular complexity index is 684. The summed E-state index contributed by atoms with van der Waals surface area (Å²) >= 11 is 0. The number of hydrogen-bond donors (Lipinski definition) is 0. The van der Waals surface area contributed by atoms with Crippen molar-refractivity contribution in [1.82, 2.24) is 24.7 Å². The number of anilines is 1. The molecular weight excluding hydrogens is 309 g/mol. The third-order valence-corrected chi connectivity index (χ3v) is 3.23. The van der Waals surface area contributed by atoms with E-state index in [4.69, 9.17) is 0 Å². The Kier molecular flexibility index (Phi) is 3.94. The molecule has 0 unspecified atom stereocenters. The predicted molar refractivity (Wildman–Crippen MR) is 68.6 cm³/mol. The molecular formula is C10H11F3N6OS. The van der Waals surface area contributed by atoms with Gasteiger partial charge in [0.05, 0.1) is 10.8 Å². The highest BCUT2D eigenvalue weighted by atomic mass is 32.2. The highest BCUT2D eigenvalue weighted by molar-refractivity contribution is 7.84. The number of alkyl halides is 3. The maximum Gasteiger partial charge on any atom is 0.433 e. The molecule has 0 aliphatic heterocycles. The maximum atomic E-state index is 12.9. The molecule has 0 aromatic carbocycles. The first kappa shape index (κ1) is 15.4. The smallest absolute Gasteiger partial charge is 0.363 e. The van der Waals surface area contributed by atoms with Crippen molar-refractivity contribution in [2.75, 3.05) is 25.3 Å². The first-order valence-corrected chi connectivity index (χ1v) is 7.13. The molecule has 0 fully saturated rings. The van der Waals surface area contributed by atoms with Crippen molar-refractivity contribution in [2.24, 2.45) is 0 Å². The molecule has 0 spiro atoms. The van der Waals surface area contributed by atoms with Crippen LogP contribution in [0.15, 0.2) is 17.6 Å². The number of hydrogen-bond acceptors (Lipinski definition) is 6. The zero-order valence-electron chi connectivity index (χ0n) is 11.3. The van der Waals surface area contributed by atoms with Crippen LogP contribution in [0.1, 0.15) is 5.69 Å². The average Bonchev–Trinajstić information content (AvgIpc) is 2.86. The van der Waals surface area contributed by atoms with Crippen molar-refractivity contribution in [3.8, 4) is 5.95 Å². The molecule has 7 nitrogen and oxygen atoms in total. The standard InChI is InChI=1S/C10H11F3N6OS/c1-18(2)7-4-6(10(11,12)13)15-8(16-7)19-5-14-17-9(19)21(3)20/h4-5H,1-3H3/t21-/m1/s1. The summed E-state index contributed by atoms with van der Waals surface area (Å²) in [6.45, 7) is 0. The SMILES string of the molecule is CN(C)c1cc(C(F)(F)F)nc(-n2cnnc2[S@@](C)=O)n1. The van der Waals surface area contributed by atoms with Gasteiger partial charge in [-0.2, -0.15) is 18.2 Å². The van der Waals surface area contributed by atoms with Crippen molar-refractivity contribution in [3.05, 3.63) is 18.1 Å². The molecule has 2 heterocycles. The quantitative estimate of drug-likeness (QED) is 0.835. The van der Waals surface area contributed by atoms with Gasteiger partial charge < -0.3 is 4.90 Å². The third-order valence-electron chi connectivity index (χ3n) is 2.44. The van der Waals surface area contributed by atoms with E-state index in [1.807, 2.05) is 0 Å². The van der Waals surface area contributed by atoms with Crippen molar-refractivity contribution in [2.45, 2.75) is 11.3 Å². The largest absolute Gasteiger partial charge is 0.433 e. The van der Waals surface area contributed by atoms with E-state index in [-0.39, 0.29) is 16.9 Å². The fourth-order valence-electron chi connectivity index (χ4n) is 1.46. The Morgan fingerprint density at radius 3 is 2.48 bits per heavy atom. The predicted octanol–water partition coefficient (Wildman–Crippen LogP) is 0.879. The van der Waals surface area contributed by atoms with Gasteiger partial charge in [-0.3, -0.25) is 4.21 Å². The van der Waals surface area contributed by atoms with Crippen molar-refractivity contribution < 1.29 is 17.4 Å². The summed E-state index contributed by atoms with van der Waals surface area (Å²) in [4.78, 5) is 8.86. The van der Waals surface area contributed by atoms with Crippen LogP contribution in [0.25, 0.3) is 5.95 Å². The fraction of sp³-hybridized carbons (Fsp3) is 0.400. The van der Waals surface area contributed by atoms with E-state index in [1.54, 1.807) is 14.1 Å². The second-order valence-electron chi connectivity index (χ2n) is 4.24. The topological polar surface area (TPSA) is 76.8 Å². The van der Waals surface area contributed by atoms with E-state index >= 15 is 0 Å². The summed E-state index contributed by atoms with van der Waals surface area (Å²) in [6, 6.07) is 0.830. The van der Waals surface area contributed by atoms with Crippen molar-refractivity contribution in [3.63, 3.8) is 0 Å². The van der Waals surface area contributed by atoms with Crippen LogP contribution in [0.4, 0.5) is 19.0 Å². The fourth-order valence-corrected chi connectivity index (χ4v) is 2.03. The molecule has 0 N–H and O–H groups in total. The molecule has 0 bridgehead atoms. The molecule has 0 amide bonds. The minimum absolute atomic E-state index is 0.0287. The minimum Gasteiger partial charge on any atom is -0.363 e. The average molecular weight is 320 g/mol. The monoisotopic (exact) mass is 320 g/mol. The molecule has 0 saturated heterocycles. The van der Waals surface area contributed by atoms with Gasteiger partial charge in [0.25, 0.3) is 0 Å². The molecule has 11 heteroatoms. The van der Waals surface area contributed by atoms with Crippen LogP contribution in [0.5, 0.6) is 0 Å². The van der Waals surface area contributed by atoms with Crippen LogP contribution >= 0.6 is 0 Å². The lowest BCUT2D eigenvalue weighted by Crippen LogP contribution is -2.18. The van der Waals surface area contributed by atoms with E-state index in [0.717, 1.165) is 17.0 Å². The number of nitrogens with zero attached hydrogens (tertiary/aromatic N) is 6. The van der Waals surface area contributed by atoms with Crippen LogP contribution in [0.3, 0.4) is 0 Å². The van der Waals surface area contributed by atoms with Crippen LogP contribution in [-0.4, -0.2) is 49.3 Å². The van der Waals surface area contributed by atoms with E-state index in [0.29, 0.717) is 0 Å². The summed E-state index contributed by atoms with van der Waals surface area (Å²) < 4.78 is 51.3. The lowest BCUT2D eigenvalue weighted by molar-refractivity contribution is -0.141.